The maximum absolute atomic E-state index is 12.2. The van der Waals surface area contributed by atoms with Crippen LogP contribution in [-0.2, 0) is 16.6 Å². The van der Waals surface area contributed by atoms with E-state index in [4.69, 9.17) is 26.0 Å². The van der Waals surface area contributed by atoms with Crippen LogP contribution in [0, 0.1) is 11.3 Å². The molecule has 160 valence electrons. The highest BCUT2D eigenvalue weighted by Crippen LogP contribution is 2.19. The third-order valence-electron chi connectivity index (χ3n) is 4.07. The van der Waals surface area contributed by atoms with Gasteiger partial charge in [-0.2, -0.15) is 5.26 Å². The van der Waals surface area contributed by atoms with Crippen molar-refractivity contribution in [3.8, 4) is 11.8 Å². The van der Waals surface area contributed by atoms with Crippen molar-refractivity contribution in [1.29, 1.82) is 5.26 Å². The van der Waals surface area contributed by atoms with E-state index in [1.165, 1.54) is 24.3 Å². The van der Waals surface area contributed by atoms with Crippen molar-refractivity contribution in [1.82, 2.24) is 10.0 Å². The fourth-order valence-electron chi connectivity index (χ4n) is 2.58. The fourth-order valence-corrected chi connectivity index (χ4v) is 3.91. The van der Waals surface area contributed by atoms with Crippen LogP contribution in [0.25, 0.3) is 0 Å². The van der Waals surface area contributed by atoms with Gasteiger partial charge in [0.05, 0.1) is 10.5 Å². The van der Waals surface area contributed by atoms with Crippen molar-refractivity contribution in [2.75, 3.05) is 13.1 Å². The highest BCUT2D eigenvalue weighted by atomic mass is 35.5. The van der Waals surface area contributed by atoms with Crippen LogP contribution in [0.5, 0.6) is 5.75 Å². The maximum Gasteiger partial charge on any atom is 0.287 e. The van der Waals surface area contributed by atoms with Crippen molar-refractivity contribution in [3.05, 3.63) is 82.8 Å². The number of para-hydroxylation sites is 1. The molecule has 0 saturated carbocycles. The molecule has 0 unspecified atom stereocenters. The second-order valence-corrected chi connectivity index (χ2v) is 8.48. The summed E-state index contributed by atoms with van der Waals surface area (Å²) in [4.78, 5) is 12.2. The molecular formula is C21H18ClN3O5S. The number of halogens is 1. The van der Waals surface area contributed by atoms with Gasteiger partial charge in [-0.25, -0.2) is 13.1 Å². The van der Waals surface area contributed by atoms with Crippen molar-refractivity contribution < 1.29 is 22.4 Å². The van der Waals surface area contributed by atoms with E-state index >= 15 is 0 Å². The van der Waals surface area contributed by atoms with Crippen LogP contribution < -0.4 is 14.8 Å². The number of hydrogen-bond acceptors (Lipinski definition) is 6. The molecule has 0 spiro atoms. The fraction of sp³-hybridized carbons (Fsp3) is 0.143. The Morgan fingerprint density at radius 3 is 2.68 bits per heavy atom. The molecule has 8 nitrogen and oxygen atoms in total. The minimum Gasteiger partial charge on any atom is -0.484 e. The number of benzene rings is 2. The number of sulfonamides is 1. The Kier molecular flexibility index (Phi) is 7.31. The zero-order chi connectivity index (χ0) is 22.3. The van der Waals surface area contributed by atoms with Gasteiger partial charge in [-0.1, -0.05) is 29.8 Å². The molecule has 3 rings (SSSR count). The molecule has 1 aromatic heterocycles. The molecule has 2 N–H and O–H groups in total. The van der Waals surface area contributed by atoms with Crippen molar-refractivity contribution in [2.45, 2.75) is 11.5 Å². The molecule has 0 bridgehead atoms. The van der Waals surface area contributed by atoms with E-state index in [2.05, 4.69) is 10.0 Å². The topological polar surface area (TPSA) is 121 Å². The van der Waals surface area contributed by atoms with Gasteiger partial charge in [0, 0.05) is 18.1 Å². The minimum atomic E-state index is -3.73. The minimum absolute atomic E-state index is 0.0117. The number of nitrogens with zero attached hydrogens (tertiary/aromatic N) is 1. The molecule has 1 amide bonds. The third-order valence-corrected chi connectivity index (χ3v) is 5.77. The Morgan fingerprint density at radius 2 is 1.90 bits per heavy atom. The molecule has 1 heterocycles. The Hall–Kier alpha value is -3.32. The standard InChI is InChI=1S/C21H18ClN3O5S/c22-16-5-3-6-18(12-16)31(27,28)25-11-10-24-21(26)20-9-8-17(30-20)14-29-19-7-2-1-4-15(19)13-23/h1-9,12,25H,10-11,14H2,(H,24,26). The number of nitriles is 1. The molecule has 0 aliphatic rings. The quantitative estimate of drug-likeness (QED) is 0.474. The molecule has 31 heavy (non-hydrogen) atoms. The van der Waals surface area contributed by atoms with Crippen LogP contribution in [0.15, 0.2) is 70.0 Å². The van der Waals surface area contributed by atoms with E-state index < -0.39 is 15.9 Å². The number of rotatable bonds is 9. The number of nitrogens with one attached hydrogen (secondary N) is 2. The van der Waals surface area contributed by atoms with Crippen LogP contribution in [0.1, 0.15) is 21.9 Å². The average molecular weight is 460 g/mol. The zero-order valence-electron chi connectivity index (χ0n) is 16.2. The highest BCUT2D eigenvalue weighted by Gasteiger charge is 2.15. The molecular weight excluding hydrogens is 442 g/mol. The number of ether oxygens (including phenoxy) is 1. The lowest BCUT2D eigenvalue weighted by Crippen LogP contribution is -2.34. The van der Waals surface area contributed by atoms with Gasteiger partial charge in [0.1, 0.15) is 24.2 Å². The van der Waals surface area contributed by atoms with Gasteiger partial charge in [-0.3, -0.25) is 4.79 Å². The molecule has 2 aromatic carbocycles. The molecule has 10 heteroatoms. The van der Waals surface area contributed by atoms with Gasteiger partial charge in [0.2, 0.25) is 10.0 Å². The van der Waals surface area contributed by atoms with Crippen molar-refractivity contribution in [2.24, 2.45) is 0 Å². The Bertz CT molecular complexity index is 1220. The number of hydrogen-bond donors (Lipinski definition) is 2. The van der Waals surface area contributed by atoms with Gasteiger partial charge in [0.25, 0.3) is 5.91 Å². The van der Waals surface area contributed by atoms with Crippen LogP contribution in [0.3, 0.4) is 0 Å². The molecule has 0 fully saturated rings. The Morgan fingerprint density at radius 1 is 1.10 bits per heavy atom. The lowest BCUT2D eigenvalue weighted by Gasteiger charge is -2.08. The van der Waals surface area contributed by atoms with E-state index in [-0.39, 0.29) is 30.4 Å². The molecule has 0 saturated heterocycles. The van der Waals surface area contributed by atoms with Gasteiger partial charge < -0.3 is 14.5 Å². The lowest BCUT2D eigenvalue weighted by molar-refractivity contribution is 0.0922. The number of carbonyl (C=O) groups excluding carboxylic acids is 1. The van der Waals surface area contributed by atoms with Crippen LogP contribution in [0.4, 0.5) is 0 Å². The van der Waals surface area contributed by atoms with Crippen molar-refractivity contribution in [3.63, 3.8) is 0 Å². The summed E-state index contributed by atoms with van der Waals surface area (Å²) in [6.45, 7) is 0.0916. The lowest BCUT2D eigenvalue weighted by atomic mass is 10.2. The predicted octanol–water partition coefficient (Wildman–Crippen LogP) is 3.09. The zero-order valence-corrected chi connectivity index (χ0v) is 17.7. The van der Waals surface area contributed by atoms with E-state index in [1.807, 2.05) is 6.07 Å². The van der Waals surface area contributed by atoms with Gasteiger partial charge >= 0.3 is 0 Å². The van der Waals surface area contributed by atoms with E-state index in [9.17, 15) is 13.2 Å². The summed E-state index contributed by atoms with van der Waals surface area (Å²) in [6.07, 6.45) is 0. The average Bonchev–Trinajstić information content (AvgIpc) is 3.24. The van der Waals surface area contributed by atoms with Crippen LogP contribution in [0.2, 0.25) is 5.02 Å². The molecule has 0 radical (unpaired) electrons. The first-order valence-corrected chi connectivity index (χ1v) is 11.0. The highest BCUT2D eigenvalue weighted by molar-refractivity contribution is 7.89. The van der Waals surface area contributed by atoms with Crippen molar-refractivity contribution >= 4 is 27.5 Å². The monoisotopic (exact) mass is 459 g/mol. The first-order valence-electron chi connectivity index (χ1n) is 9.13. The normalized spacial score (nSPS) is 11.0. The molecule has 0 aliphatic carbocycles. The number of furan rings is 1. The number of amides is 1. The Balaban J connectivity index is 1.47. The molecule has 0 atom stereocenters. The predicted molar refractivity (Wildman–Crippen MR) is 113 cm³/mol. The van der Waals surface area contributed by atoms with E-state index in [0.29, 0.717) is 22.1 Å². The summed E-state index contributed by atoms with van der Waals surface area (Å²) in [5, 5.41) is 11.9. The largest absolute Gasteiger partial charge is 0.484 e. The van der Waals surface area contributed by atoms with Gasteiger partial charge in [0.15, 0.2) is 5.76 Å². The first kappa shape index (κ1) is 22.4. The maximum atomic E-state index is 12.2. The number of carbonyl (C=O) groups is 1. The van der Waals surface area contributed by atoms with Crippen LogP contribution in [-0.4, -0.2) is 27.4 Å². The summed E-state index contributed by atoms with van der Waals surface area (Å²) in [5.41, 5.74) is 0.396. The first-order chi connectivity index (χ1) is 14.9. The smallest absolute Gasteiger partial charge is 0.287 e. The second-order valence-electron chi connectivity index (χ2n) is 6.27. The van der Waals surface area contributed by atoms with Crippen LogP contribution >= 0.6 is 11.6 Å². The third kappa shape index (κ3) is 6.08. The summed E-state index contributed by atoms with van der Waals surface area (Å²) < 4.78 is 37.8. The SMILES string of the molecule is N#Cc1ccccc1OCc1ccc(C(=O)NCCNS(=O)(=O)c2cccc(Cl)c2)o1. The molecule has 3 aromatic rings. The van der Waals surface area contributed by atoms with Gasteiger partial charge in [-0.15, -0.1) is 0 Å². The second kappa shape index (κ2) is 10.1. The van der Waals surface area contributed by atoms with Gasteiger partial charge in [-0.05, 0) is 42.5 Å². The van der Waals surface area contributed by atoms with E-state index in [0.717, 1.165) is 0 Å². The summed E-state index contributed by atoms with van der Waals surface area (Å²) in [7, 11) is -3.73. The summed E-state index contributed by atoms with van der Waals surface area (Å²) in [6, 6.07) is 17.8. The summed E-state index contributed by atoms with van der Waals surface area (Å²) in [5.74, 6) is 0.384. The summed E-state index contributed by atoms with van der Waals surface area (Å²) >= 11 is 5.81. The van der Waals surface area contributed by atoms with E-state index in [1.54, 1.807) is 36.4 Å². The Labute approximate surface area is 184 Å². The molecule has 0 aliphatic heterocycles.